The molecule has 0 bridgehead atoms. The van der Waals surface area contributed by atoms with E-state index in [1.807, 2.05) is 13.0 Å². The lowest BCUT2D eigenvalue weighted by Gasteiger charge is -2.16. The highest BCUT2D eigenvalue weighted by atomic mass is 32.2. The van der Waals surface area contributed by atoms with E-state index >= 15 is 0 Å². The van der Waals surface area contributed by atoms with Gasteiger partial charge in [0.15, 0.2) is 11.6 Å². The minimum absolute atomic E-state index is 0.313. The van der Waals surface area contributed by atoms with Gasteiger partial charge in [-0.2, -0.15) is 0 Å². The molecule has 3 rings (SSSR count). The second kappa shape index (κ2) is 9.73. The van der Waals surface area contributed by atoms with Gasteiger partial charge >= 0.3 is 0 Å². The molecular weight excluding hydrogens is 303 g/mol. The van der Waals surface area contributed by atoms with Crippen molar-refractivity contribution in [3.8, 4) is 17.2 Å². The van der Waals surface area contributed by atoms with Crippen LogP contribution in [0, 0.1) is 5.82 Å². The fraction of sp³-hybridized carbons (Fsp3) is 0.176. The van der Waals surface area contributed by atoms with Crippen molar-refractivity contribution in [3.05, 3.63) is 60.9 Å². The molecule has 2 aromatic carbocycles. The summed E-state index contributed by atoms with van der Waals surface area (Å²) < 4.78 is 18.3. The summed E-state index contributed by atoms with van der Waals surface area (Å²) >= 11 is 1.37. The summed E-state index contributed by atoms with van der Waals surface area (Å²) in [4.78, 5) is 0.418. The molecule has 118 valence electrons. The van der Waals surface area contributed by atoms with Crippen LogP contribution in [0.2, 0.25) is 0 Å². The topological polar surface area (TPSA) is 49.7 Å². The van der Waals surface area contributed by atoms with Crippen LogP contribution in [-0.2, 0) is 0 Å². The van der Waals surface area contributed by atoms with E-state index in [0.717, 1.165) is 5.75 Å². The first-order valence-corrected chi connectivity index (χ1v) is 7.66. The van der Waals surface area contributed by atoms with E-state index < -0.39 is 5.82 Å². The van der Waals surface area contributed by atoms with Crippen molar-refractivity contribution >= 4 is 11.8 Å². The van der Waals surface area contributed by atoms with Gasteiger partial charge < -0.3 is 14.9 Å². The maximum absolute atomic E-state index is 13.1. The number of allylic oxidation sites excluding steroid dienone is 1. The Balaban J connectivity index is 0.000000206. The molecule has 2 aromatic rings. The first-order chi connectivity index (χ1) is 10.6. The molecular formula is C17H19FO3S. The molecule has 0 atom stereocenters. The Hall–Kier alpha value is -2.14. The molecule has 0 spiro atoms. The molecule has 0 amide bonds. The Kier molecular flexibility index (Phi) is 7.92. The third-order valence-corrected chi connectivity index (χ3v) is 3.42. The zero-order valence-electron chi connectivity index (χ0n) is 12.3. The fourth-order valence-electron chi connectivity index (χ4n) is 1.50. The highest BCUT2D eigenvalue weighted by Crippen LogP contribution is 2.38. The molecule has 1 aliphatic rings. The third-order valence-electron chi connectivity index (χ3n) is 2.38. The van der Waals surface area contributed by atoms with E-state index in [4.69, 9.17) is 14.9 Å². The van der Waals surface area contributed by atoms with Gasteiger partial charge in [-0.15, -0.1) is 18.3 Å². The summed E-state index contributed by atoms with van der Waals surface area (Å²) in [6.07, 6.45) is 1.75. The Bertz CT molecular complexity index is 588. The zero-order valence-corrected chi connectivity index (χ0v) is 13.1. The van der Waals surface area contributed by atoms with Crippen LogP contribution in [0.3, 0.4) is 0 Å². The number of thioether (sulfide) groups is 1. The van der Waals surface area contributed by atoms with Crippen LogP contribution >= 0.6 is 11.8 Å². The van der Waals surface area contributed by atoms with Crippen molar-refractivity contribution in [2.45, 2.75) is 11.8 Å². The number of halogens is 1. The van der Waals surface area contributed by atoms with Crippen LogP contribution in [0.4, 0.5) is 4.39 Å². The van der Waals surface area contributed by atoms with Crippen LogP contribution in [0.25, 0.3) is 0 Å². The van der Waals surface area contributed by atoms with Crippen LogP contribution in [0.15, 0.2) is 60.0 Å². The van der Waals surface area contributed by atoms with Crippen molar-refractivity contribution in [2.24, 2.45) is 0 Å². The van der Waals surface area contributed by atoms with Crippen LogP contribution in [-0.4, -0.2) is 22.6 Å². The quantitative estimate of drug-likeness (QED) is 0.696. The molecule has 3 nitrogen and oxygen atoms in total. The highest BCUT2D eigenvalue weighted by molar-refractivity contribution is 7.99. The van der Waals surface area contributed by atoms with Gasteiger partial charge in [0.05, 0.1) is 11.5 Å². The van der Waals surface area contributed by atoms with E-state index in [9.17, 15) is 4.39 Å². The molecule has 0 unspecified atom stereocenters. The van der Waals surface area contributed by atoms with Crippen molar-refractivity contribution < 1.29 is 19.3 Å². The molecule has 22 heavy (non-hydrogen) atoms. The molecule has 0 fully saturated rings. The molecule has 5 heteroatoms. The summed E-state index contributed by atoms with van der Waals surface area (Å²) in [7, 11) is 0. The number of para-hydroxylation sites is 1. The van der Waals surface area contributed by atoms with Gasteiger partial charge in [-0.25, -0.2) is 4.39 Å². The highest BCUT2D eigenvalue weighted by Gasteiger charge is 2.17. The molecule has 0 radical (unpaired) electrons. The fourth-order valence-corrected chi connectivity index (χ4v) is 2.37. The van der Waals surface area contributed by atoms with Crippen molar-refractivity contribution in [2.75, 3.05) is 12.4 Å². The summed E-state index contributed by atoms with van der Waals surface area (Å²) in [5.74, 6) is 0.695. The van der Waals surface area contributed by atoms with Gasteiger partial charge in [0, 0.05) is 5.75 Å². The smallest absolute Gasteiger partial charge is 0.182 e. The molecule has 0 aromatic heterocycles. The zero-order chi connectivity index (χ0) is 16.4. The average Bonchev–Trinajstić information content (AvgIpc) is 2.53. The Morgan fingerprint density at radius 3 is 2.36 bits per heavy atom. The molecule has 1 aliphatic heterocycles. The number of hydrogen-bond donors (Lipinski definition) is 2. The number of fused-ring (bicyclic) bond motifs is 1. The van der Waals surface area contributed by atoms with E-state index in [-0.39, 0.29) is 5.75 Å². The number of aromatic hydroxyl groups is 2. The van der Waals surface area contributed by atoms with Crippen molar-refractivity contribution in [1.82, 2.24) is 0 Å². The van der Waals surface area contributed by atoms with Gasteiger partial charge in [0.2, 0.25) is 0 Å². The Labute approximate surface area is 134 Å². The van der Waals surface area contributed by atoms with E-state index in [1.165, 1.54) is 17.8 Å². The van der Waals surface area contributed by atoms with Crippen molar-refractivity contribution in [3.63, 3.8) is 0 Å². The van der Waals surface area contributed by atoms with E-state index in [2.05, 4.69) is 6.58 Å². The van der Waals surface area contributed by atoms with Gasteiger partial charge in [0.1, 0.15) is 11.5 Å². The summed E-state index contributed by atoms with van der Waals surface area (Å²) in [5.41, 5.74) is 0. The largest absolute Gasteiger partial charge is 0.508 e. The Morgan fingerprint density at radius 2 is 1.82 bits per heavy atom. The lowest BCUT2D eigenvalue weighted by molar-refractivity contribution is 0.320. The number of benzene rings is 2. The standard InChI is InChI=1S/C8H7FO2S.C6H6O.C3H6/c9-7-5(10)1-2-6-8(7)12-4-3-11-6;7-6-4-2-1-3-5-6;1-3-2/h1-2,10H,3-4H2;1-5,7H;3H,1H2,2H3. The second-order valence-corrected chi connectivity index (χ2v) is 5.27. The Morgan fingerprint density at radius 1 is 1.18 bits per heavy atom. The lowest BCUT2D eigenvalue weighted by atomic mass is 10.3. The third kappa shape index (κ3) is 5.69. The maximum atomic E-state index is 13.1. The first-order valence-electron chi connectivity index (χ1n) is 6.68. The summed E-state index contributed by atoms with van der Waals surface area (Å²) in [6, 6.07) is 11.6. The molecule has 0 saturated carbocycles. The number of phenols is 2. The predicted molar refractivity (Wildman–Crippen MR) is 88.3 cm³/mol. The minimum Gasteiger partial charge on any atom is -0.508 e. The SMILES string of the molecule is C=CC.Oc1ccc2c(c1F)SCCO2.Oc1ccccc1. The predicted octanol–water partition coefficient (Wildman–Crippen LogP) is 4.60. The number of rotatable bonds is 0. The number of hydrogen-bond acceptors (Lipinski definition) is 4. The molecule has 1 heterocycles. The van der Waals surface area contributed by atoms with Crippen LogP contribution in [0.5, 0.6) is 17.2 Å². The maximum Gasteiger partial charge on any atom is 0.182 e. The lowest BCUT2D eigenvalue weighted by Crippen LogP contribution is -2.07. The second-order valence-electron chi connectivity index (χ2n) is 4.17. The van der Waals surface area contributed by atoms with Crippen molar-refractivity contribution in [1.29, 1.82) is 0 Å². The van der Waals surface area contributed by atoms with Crippen LogP contribution in [0.1, 0.15) is 6.92 Å². The van der Waals surface area contributed by atoms with Gasteiger partial charge in [-0.3, -0.25) is 0 Å². The van der Waals surface area contributed by atoms with Gasteiger partial charge in [-0.05, 0) is 31.2 Å². The van der Waals surface area contributed by atoms with E-state index in [0.29, 0.717) is 23.0 Å². The van der Waals surface area contributed by atoms with Gasteiger partial charge in [0.25, 0.3) is 0 Å². The normalized spacial score (nSPS) is 11.5. The number of ether oxygens (including phenoxy) is 1. The van der Waals surface area contributed by atoms with E-state index in [1.54, 1.807) is 36.4 Å². The van der Waals surface area contributed by atoms with Crippen LogP contribution < -0.4 is 4.74 Å². The van der Waals surface area contributed by atoms with Gasteiger partial charge in [-0.1, -0.05) is 24.3 Å². The first kappa shape index (κ1) is 17.9. The summed E-state index contributed by atoms with van der Waals surface area (Å²) in [6.45, 7) is 5.85. The minimum atomic E-state index is -0.572. The summed E-state index contributed by atoms with van der Waals surface area (Å²) in [5, 5.41) is 17.7. The molecule has 0 aliphatic carbocycles. The number of phenolic OH excluding ortho intramolecular Hbond substituents is 2. The monoisotopic (exact) mass is 322 g/mol. The average molecular weight is 322 g/mol. The molecule has 2 N–H and O–H groups in total. The molecule has 0 saturated heterocycles.